The van der Waals surface area contributed by atoms with Crippen LogP contribution in [0.5, 0.6) is 17.2 Å². The molecule has 1 N–H and O–H groups in total. The molecule has 0 radical (unpaired) electrons. The summed E-state index contributed by atoms with van der Waals surface area (Å²) < 4.78 is 18.1. The molecule has 2 aromatic heterocycles. The monoisotopic (exact) mass is 471 g/mol. The fraction of sp³-hybridized carbons (Fsp3) is 0.391. The van der Waals surface area contributed by atoms with Gasteiger partial charge in [0.05, 0.1) is 27.9 Å². The van der Waals surface area contributed by atoms with Crippen LogP contribution in [-0.4, -0.2) is 47.0 Å². The zero-order valence-corrected chi connectivity index (χ0v) is 20.3. The third-order valence-corrected chi connectivity index (χ3v) is 5.83. The predicted molar refractivity (Wildman–Crippen MR) is 126 cm³/mol. The van der Waals surface area contributed by atoms with Gasteiger partial charge in [-0.15, -0.1) is 10.2 Å². The first-order chi connectivity index (χ1) is 16.0. The zero-order chi connectivity index (χ0) is 23.8. The van der Waals surface area contributed by atoms with Crippen LogP contribution in [0.2, 0.25) is 0 Å². The molecule has 0 unspecified atom stereocenters. The number of rotatable bonds is 11. The number of benzene rings is 1. The minimum atomic E-state index is -0.278. The number of nitrogens with one attached hydrogen (secondary N) is 1. The summed E-state index contributed by atoms with van der Waals surface area (Å²) in [5, 5.41) is 12.4. The van der Waals surface area contributed by atoms with Gasteiger partial charge >= 0.3 is 0 Å². The number of carbonyl (C=O) groups excluding carboxylic acids is 1. The number of ether oxygens (including phenoxy) is 3. The molecule has 0 fully saturated rings. The average Bonchev–Trinajstić information content (AvgIpc) is 3.21. The first kappa shape index (κ1) is 24.4. The number of pyridine rings is 1. The van der Waals surface area contributed by atoms with Gasteiger partial charge in [0.15, 0.2) is 22.5 Å². The molecule has 0 aliphatic rings. The van der Waals surface area contributed by atoms with Crippen LogP contribution in [0, 0.1) is 5.92 Å². The zero-order valence-electron chi connectivity index (χ0n) is 19.5. The summed E-state index contributed by atoms with van der Waals surface area (Å²) in [4.78, 5) is 16.9. The van der Waals surface area contributed by atoms with E-state index in [4.69, 9.17) is 14.2 Å². The number of methoxy groups -OCH3 is 3. The van der Waals surface area contributed by atoms with Gasteiger partial charge in [-0.3, -0.25) is 9.78 Å². The number of nitrogens with zero attached hydrogens (tertiary/aromatic N) is 4. The molecule has 0 aliphatic carbocycles. The van der Waals surface area contributed by atoms with Crippen LogP contribution in [0.25, 0.3) is 0 Å². The lowest BCUT2D eigenvalue weighted by Crippen LogP contribution is -2.25. The molecule has 3 rings (SSSR count). The summed E-state index contributed by atoms with van der Waals surface area (Å²) in [6.07, 6.45) is 3.55. The maximum absolute atomic E-state index is 12.9. The van der Waals surface area contributed by atoms with Crippen LogP contribution in [0.15, 0.2) is 41.8 Å². The molecule has 10 heteroatoms. The Morgan fingerprint density at radius 1 is 1.06 bits per heavy atom. The molecule has 0 aliphatic heterocycles. The largest absolute Gasteiger partial charge is 0.493 e. The van der Waals surface area contributed by atoms with Gasteiger partial charge in [-0.1, -0.05) is 25.6 Å². The number of thioether (sulfide) groups is 1. The lowest BCUT2D eigenvalue weighted by molar-refractivity contribution is 0.0948. The van der Waals surface area contributed by atoms with E-state index in [9.17, 15) is 4.79 Å². The second-order valence-corrected chi connectivity index (χ2v) is 8.59. The van der Waals surface area contributed by atoms with Crippen LogP contribution < -0.4 is 19.5 Å². The van der Waals surface area contributed by atoms with E-state index in [1.165, 1.54) is 21.3 Å². The third-order valence-electron chi connectivity index (χ3n) is 4.79. The molecule has 176 valence electrons. The maximum atomic E-state index is 12.9. The first-order valence-corrected chi connectivity index (χ1v) is 11.5. The van der Waals surface area contributed by atoms with Crippen molar-refractivity contribution in [2.24, 2.45) is 5.92 Å². The van der Waals surface area contributed by atoms with Crippen molar-refractivity contribution in [3.05, 3.63) is 53.6 Å². The topological polar surface area (TPSA) is 100 Å². The fourth-order valence-corrected chi connectivity index (χ4v) is 4.13. The van der Waals surface area contributed by atoms with Crippen LogP contribution >= 0.6 is 11.8 Å². The first-order valence-electron chi connectivity index (χ1n) is 10.5. The quantitative estimate of drug-likeness (QED) is 0.424. The van der Waals surface area contributed by atoms with E-state index in [1.54, 1.807) is 36.3 Å². The van der Waals surface area contributed by atoms with Crippen LogP contribution in [0.1, 0.15) is 35.6 Å². The molecule has 0 atom stereocenters. The summed E-state index contributed by atoms with van der Waals surface area (Å²) in [7, 11) is 4.54. The van der Waals surface area contributed by atoms with Crippen LogP contribution in [-0.2, 0) is 18.8 Å². The van der Waals surface area contributed by atoms with E-state index < -0.39 is 0 Å². The van der Waals surface area contributed by atoms with Crippen molar-refractivity contribution in [1.82, 2.24) is 25.1 Å². The number of amides is 1. The van der Waals surface area contributed by atoms with Crippen LogP contribution in [0.3, 0.4) is 0 Å². The molecule has 0 bridgehead atoms. The van der Waals surface area contributed by atoms with Crippen molar-refractivity contribution in [1.29, 1.82) is 0 Å². The van der Waals surface area contributed by atoms with Crippen molar-refractivity contribution < 1.29 is 19.0 Å². The molecule has 0 spiro atoms. The highest BCUT2D eigenvalue weighted by molar-refractivity contribution is 7.98. The molecule has 33 heavy (non-hydrogen) atoms. The highest BCUT2D eigenvalue weighted by atomic mass is 32.2. The van der Waals surface area contributed by atoms with Gasteiger partial charge in [-0.25, -0.2) is 0 Å². The normalized spacial score (nSPS) is 10.8. The number of aromatic nitrogens is 4. The smallest absolute Gasteiger partial charge is 0.251 e. The lowest BCUT2D eigenvalue weighted by Gasteiger charge is -2.15. The van der Waals surface area contributed by atoms with E-state index in [-0.39, 0.29) is 12.5 Å². The van der Waals surface area contributed by atoms with E-state index in [2.05, 4.69) is 38.9 Å². The Balaban J connectivity index is 1.75. The molecule has 1 aromatic carbocycles. The number of hydrogen-bond donors (Lipinski definition) is 1. The van der Waals surface area contributed by atoms with E-state index in [0.717, 1.165) is 23.0 Å². The van der Waals surface area contributed by atoms with Gasteiger partial charge in [0.1, 0.15) is 0 Å². The summed E-state index contributed by atoms with van der Waals surface area (Å²) in [6, 6.07) is 7.19. The van der Waals surface area contributed by atoms with Crippen molar-refractivity contribution >= 4 is 17.7 Å². The Labute approximate surface area is 197 Å². The highest BCUT2D eigenvalue weighted by Gasteiger charge is 2.19. The van der Waals surface area contributed by atoms with Gasteiger partial charge in [0, 0.05) is 30.3 Å². The molecular weight excluding hydrogens is 442 g/mol. The number of hydrogen-bond acceptors (Lipinski definition) is 8. The van der Waals surface area contributed by atoms with E-state index in [1.807, 2.05) is 12.1 Å². The molecule has 0 saturated heterocycles. The van der Waals surface area contributed by atoms with Crippen LogP contribution in [0.4, 0.5) is 0 Å². The highest BCUT2D eigenvalue weighted by Crippen LogP contribution is 2.38. The van der Waals surface area contributed by atoms with Gasteiger partial charge in [-0.05, 0) is 35.7 Å². The van der Waals surface area contributed by atoms with Crippen molar-refractivity contribution in [3.8, 4) is 17.2 Å². The average molecular weight is 472 g/mol. The minimum absolute atomic E-state index is 0.241. The lowest BCUT2D eigenvalue weighted by atomic mass is 10.1. The maximum Gasteiger partial charge on any atom is 0.251 e. The fourth-order valence-electron chi connectivity index (χ4n) is 3.21. The molecule has 3 aromatic rings. The van der Waals surface area contributed by atoms with Crippen molar-refractivity contribution in [3.63, 3.8) is 0 Å². The predicted octanol–water partition coefficient (Wildman–Crippen LogP) is 3.58. The molecule has 2 heterocycles. The Bertz CT molecular complexity index is 1050. The van der Waals surface area contributed by atoms with Gasteiger partial charge < -0.3 is 24.1 Å². The Hall–Kier alpha value is -3.27. The molecule has 9 nitrogen and oxygen atoms in total. The van der Waals surface area contributed by atoms with E-state index in [0.29, 0.717) is 34.6 Å². The second-order valence-electron chi connectivity index (χ2n) is 7.64. The standard InChI is InChI=1S/C23H29N5O4S/c1-15(2)13-28-20(26-27-23(28)33-14-16-6-8-24-9-7-16)12-25-22(29)17-10-18(30-3)21(32-5)19(11-17)31-4/h6-11,15H,12-14H2,1-5H3,(H,25,29). The van der Waals surface area contributed by atoms with E-state index >= 15 is 0 Å². The molecule has 1 amide bonds. The Morgan fingerprint density at radius 2 is 1.73 bits per heavy atom. The van der Waals surface area contributed by atoms with Crippen molar-refractivity contribution in [2.45, 2.75) is 37.8 Å². The SMILES string of the molecule is COc1cc(C(=O)NCc2nnc(SCc3ccncc3)n2CC(C)C)cc(OC)c1OC. The van der Waals surface area contributed by atoms with Crippen molar-refractivity contribution in [2.75, 3.05) is 21.3 Å². The summed E-state index contributed by atoms with van der Waals surface area (Å²) >= 11 is 1.61. The summed E-state index contributed by atoms with van der Waals surface area (Å²) in [6.45, 7) is 5.26. The Kier molecular flexibility index (Phi) is 8.53. The Morgan fingerprint density at radius 3 is 2.30 bits per heavy atom. The van der Waals surface area contributed by atoms with Gasteiger partial charge in [0.2, 0.25) is 5.75 Å². The second kappa shape index (κ2) is 11.6. The van der Waals surface area contributed by atoms with Gasteiger partial charge in [0.25, 0.3) is 5.91 Å². The van der Waals surface area contributed by atoms with Gasteiger partial charge in [-0.2, -0.15) is 0 Å². The molecular formula is C23H29N5O4S. The third kappa shape index (κ3) is 6.16. The summed E-state index contributed by atoms with van der Waals surface area (Å²) in [5.41, 5.74) is 1.55. The number of carbonyl (C=O) groups is 1. The molecule has 0 saturated carbocycles. The minimum Gasteiger partial charge on any atom is -0.493 e. The summed E-state index contributed by atoms with van der Waals surface area (Å²) in [5.74, 6) is 2.84.